The van der Waals surface area contributed by atoms with E-state index in [-0.39, 0.29) is 10.2 Å². The van der Waals surface area contributed by atoms with E-state index in [0.29, 0.717) is 21.6 Å². The maximum Gasteiger partial charge on any atom is 0.214 e. The molecule has 0 N–H and O–H groups in total. The first-order valence-electron chi connectivity index (χ1n) is 15.6. The summed E-state index contributed by atoms with van der Waals surface area (Å²) in [5.74, 6) is 11.6. The molecule has 0 aromatic rings. The largest absolute Gasteiger partial charge is 0.282 e. The van der Waals surface area contributed by atoms with Crippen molar-refractivity contribution in [2.75, 3.05) is 46.0 Å². The number of rotatable bonds is 20. The Labute approximate surface area is 291 Å². The highest BCUT2D eigenvalue weighted by Crippen LogP contribution is 2.43. The second-order valence-electron chi connectivity index (χ2n) is 11.8. The van der Waals surface area contributed by atoms with Crippen LogP contribution in [-0.2, 0) is 9.59 Å². The normalized spacial score (nSPS) is 27.8. The first-order valence-corrected chi connectivity index (χ1v) is 23.9. The Balaban J connectivity index is 1.08. The number of hydrogen-bond donors (Lipinski definition) is 0. The van der Waals surface area contributed by atoms with Gasteiger partial charge in [0.05, 0.1) is 9.16 Å². The highest BCUT2D eigenvalue weighted by Gasteiger charge is 2.27. The molecular weight excluding hydrogens is 673 g/mol. The fourth-order valence-corrected chi connectivity index (χ4v) is 16.8. The highest BCUT2D eigenvalue weighted by molar-refractivity contribution is 8.22. The van der Waals surface area contributed by atoms with E-state index in [1.165, 1.54) is 122 Å². The van der Waals surface area contributed by atoms with E-state index in [1.54, 1.807) is 0 Å². The minimum absolute atomic E-state index is 0.161. The quantitative estimate of drug-likeness (QED) is 0.0894. The minimum atomic E-state index is 0.161. The molecule has 0 spiro atoms. The van der Waals surface area contributed by atoms with Crippen LogP contribution in [0.3, 0.4) is 0 Å². The third-order valence-corrected chi connectivity index (χ3v) is 19.9. The van der Waals surface area contributed by atoms with Gasteiger partial charge >= 0.3 is 0 Å². The Morgan fingerprint density at radius 2 is 1.05 bits per heavy atom. The van der Waals surface area contributed by atoms with Gasteiger partial charge in [-0.25, -0.2) is 0 Å². The van der Waals surface area contributed by atoms with E-state index in [0.717, 1.165) is 32.5 Å². The first-order chi connectivity index (χ1) is 20.3. The molecule has 2 heterocycles. The molecule has 240 valence electrons. The van der Waals surface area contributed by atoms with Gasteiger partial charge in [-0.1, -0.05) is 49.5 Å². The summed E-state index contributed by atoms with van der Waals surface area (Å²) in [6.45, 7) is 11.1. The van der Waals surface area contributed by atoms with Gasteiger partial charge in [-0.15, -0.1) is 47.0 Å². The zero-order valence-electron chi connectivity index (χ0n) is 25.7. The van der Waals surface area contributed by atoms with Gasteiger partial charge in [-0.05, 0) is 111 Å². The van der Waals surface area contributed by atoms with Crippen LogP contribution in [0.15, 0.2) is 24.3 Å². The van der Waals surface area contributed by atoms with Crippen LogP contribution in [0.4, 0.5) is 0 Å². The summed E-state index contributed by atoms with van der Waals surface area (Å²) in [7, 11) is 0. The molecule has 0 radical (unpaired) electrons. The van der Waals surface area contributed by atoms with Gasteiger partial charge < -0.3 is 0 Å². The third kappa shape index (κ3) is 15.9. The zero-order valence-corrected chi connectivity index (χ0v) is 32.2. The Bertz CT molecular complexity index is 776. The van der Waals surface area contributed by atoms with Crippen molar-refractivity contribution >= 4 is 104 Å². The molecule has 0 amide bonds. The maximum atomic E-state index is 11.8. The zero-order chi connectivity index (χ0) is 30.2. The van der Waals surface area contributed by atoms with Gasteiger partial charge in [0, 0.05) is 33.5 Å². The third-order valence-electron chi connectivity index (χ3n) is 7.75. The summed E-state index contributed by atoms with van der Waals surface area (Å²) in [4.78, 5) is 23.5. The summed E-state index contributed by atoms with van der Waals surface area (Å²) < 4.78 is 1.48. The van der Waals surface area contributed by atoms with Crippen LogP contribution < -0.4 is 0 Å². The molecule has 42 heavy (non-hydrogen) atoms. The molecule has 2 saturated heterocycles. The van der Waals surface area contributed by atoms with E-state index in [4.69, 9.17) is 0 Å². The second-order valence-corrected chi connectivity index (χ2v) is 22.2. The monoisotopic (exact) mass is 724 g/mol. The van der Waals surface area contributed by atoms with Crippen molar-refractivity contribution in [1.82, 2.24) is 0 Å². The molecule has 2 nitrogen and oxygen atoms in total. The molecule has 0 bridgehead atoms. The standard InChI is InChI=1S/C32H52O2S8/c1-23(2)31(33)39-21-27-19-37-29(41-27)9-5-7-15-35-17-25-11-13-26(14-12-25)18-36-16-8-6-10-30-38-20-28(42-30)22-40-32(34)24(3)4/h25-30H,1,3,5-22H2,2,4H3. The lowest BCUT2D eigenvalue weighted by atomic mass is 9.84. The van der Waals surface area contributed by atoms with Crippen LogP contribution in [0.1, 0.15) is 78.1 Å². The summed E-state index contributed by atoms with van der Waals surface area (Å²) in [5.41, 5.74) is 1.35. The van der Waals surface area contributed by atoms with Crippen LogP contribution in [0, 0.1) is 11.8 Å². The SMILES string of the molecule is C=C(C)C(=O)SCC1CSC(CCCCSCC2CCC(CSCCCCC3SCC(CSC(=O)C(=C)C)S3)CC2)S1. The van der Waals surface area contributed by atoms with Crippen molar-refractivity contribution in [3.63, 3.8) is 0 Å². The molecular formula is C32H52O2S8. The average molecular weight is 725 g/mol. The van der Waals surface area contributed by atoms with Gasteiger partial charge in [0.25, 0.3) is 0 Å². The Morgan fingerprint density at radius 1 is 0.643 bits per heavy atom. The van der Waals surface area contributed by atoms with Crippen molar-refractivity contribution in [2.45, 2.75) is 97.7 Å². The van der Waals surface area contributed by atoms with Crippen LogP contribution in [-0.4, -0.2) is 75.9 Å². The molecule has 4 unspecified atom stereocenters. The summed E-state index contributed by atoms with van der Waals surface area (Å²) in [5, 5.41) is 1.57. The van der Waals surface area contributed by atoms with Crippen molar-refractivity contribution < 1.29 is 9.59 Å². The van der Waals surface area contributed by atoms with Crippen LogP contribution in [0.2, 0.25) is 0 Å². The number of carbonyl (C=O) groups is 2. The van der Waals surface area contributed by atoms with E-state index < -0.39 is 0 Å². The lowest BCUT2D eigenvalue weighted by Crippen LogP contribution is -2.18. The van der Waals surface area contributed by atoms with Crippen LogP contribution in [0.5, 0.6) is 0 Å². The van der Waals surface area contributed by atoms with Crippen molar-refractivity contribution in [2.24, 2.45) is 11.8 Å². The lowest BCUT2D eigenvalue weighted by molar-refractivity contribution is -0.108. The molecule has 3 aliphatic rings. The molecule has 0 aromatic carbocycles. The average Bonchev–Trinajstić information content (AvgIpc) is 3.64. The Hall–Kier alpha value is 1.62. The molecule has 1 aliphatic carbocycles. The molecule has 2 aliphatic heterocycles. The van der Waals surface area contributed by atoms with Crippen LogP contribution in [0.25, 0.3) is 0 Å². The van der Waals surface area contributed by atoms with Gasteiger partial charge in [0.2, 0.25) is 10.2 Å². The molecule has 4 atom stereocenters. The summed E-state index contributed by atoms with van der Waals surface area (Å²) >= 11 is 15.8. The maximum absolute atomic E-state index is 11.8. The Morgan fingerprint density at radius 3 is 1.43 bits per heavy atom. The van der Waals surface area contributed by atoms with Crippen molar-refractivity contribution in [1.29, 1.82) is 0 Å². The van der Waals surface area contributed by atoms with E-state index in [2.05, 4.69) is 83.7 Å². The number of thioether (sulfide) groups is 8. The lowest BCUT2D eigenvalue weighted by Gasteiger charge is -2.28. The summed E-state index contributed by atoms with van der Waals surface area (Å²) in [6.07, 6.45) is 13.9. The van der Waals surface area contributed by atoms with Gasteiger partial charge in [0.1, 0.15) is 0 Å². The smallest absolute Gasteiger partial charge is 0.214 e. The molecule has 0 aromatic heterocycles. The van der Waals surface area contributed by atoms with E-state index in [9.17, 15) is 9.59 Å². The Kier molecular flexibility index (Phi) is 20.2. The number of hydrogen-bond acceptors (Lipinski definition) is 10. The predicted octanol–water partition coefficient (Wildman–Crippen LogP) is 10.6. The number of carbonyl (C=O) groups excluding carboxylic acids is 2. The highest BCUT2D eigenvalue weighted by atomic mass is 32.2. The molecule has 3 fully saturated rings. The molecule has 3 rings (SSSR count). The van der Waals surface area contributed by atoms with Crippen molar-refractivity contribution in [3.8, 4) is 0 Å². The van der Waals surface area contributed by atoms with E-state index in [1.807, 2.05) is 13.8 Å². The van der Waals surface area contributed by atoms with E-state index >= 15 is 0 Å². The van der Waals surface area contributed by atoms with Crippen molar-refractivity contribution in [3.05, 3.63) is 24.3 Å². The number of unbranched alkanes of at least 4 members (excludes halogenated alkanes) is 2. The minimum Gasteiger partial charge on any atom is -0.282 e. The summed E-state index contributed by atoms with van der Waals surface area (Å²) in [6, 6.07) is 0. The fourth-order valence-electron chi connectivity index (χ4n) is 5.17. The van der Waals surface area contributed by atoms with Gasteiger partial charge in [-0.2, -0.15) is 23.5 Å². The second kappa shape index (κ2) is 22.2. The molecule has 10 heteroatoms. The van der Waals surface area contributed by atoms with Crippen LogP contribution >= 0.6 is 94.1 Å². The topological polar surface area (TPSA) is 34.1 Å². The fraction of sp³-hybridized carbons (Fsp3) is 0.812. The molecule has 1 saturated carbocycles. The predicted molar refractivity (Wildman–Crippen MR) is 208 cm³/mol. The van der Waals surface area contributed by atoms with Gasteiger partial charge in [0.15, 0.2) is 0 Å². The first kappa shape index (κ1) is 38.1. The van der Waals surface area contributed by atoms with Gasteiger partial charge in [-0.3, -0.25) is 9.59 Å².